The van der Waals surface area contributed by atoms with Gasteiger partial charge in [0.2, 0.25) is 6.41 Å². The third-order valence-electron chi connectivity index (χ3n) is 7.26. The molecule has 2 aliphatic rings. The lowest BCUT2D eigenvalue weighted by molar-refractivity contribution is -0.114. The van der Waals surface area contributed by atoms with Crippen molar-refractivity contribution in [1.29, 1.82) is 0 Å². The zero-order chi connectivity index (χ0) is 31.5. The first-order valence-electron chi connectivity index (χ1n) is 14.4. The maximum absolute atomic E-state index is 13.9. The Morgan fingerprint density at radius 2 is 1.79 bits per heavy atom. The number of aryl methyl sites for hydroxylation is 1. The predicted octanol–water partition coefficient (Wildman–Crippen LogP) is 3.39. The van der Waals surface area contributed by atoms with Crippen LogP contribution in [-0.2, 0) is 25.5 Å². The molecule has 1 saturated heterocycles. The van der Waals surface area contributed by atoms with Crippen molar-refractivity contribution in [2.45, 2.75) is 46.6 Å². The van der Waals surface area contributed by atoms with E-state index in [0.717, 1.165) is 48.5 Å². The van der Waals surface area contributed by atoms with E-state index in [1.54, 1.807) is 4.90 Å². The first kappa shape index (κ1) is 33.6. The highest BCUT2D eigenvalue weighted by Crippen LogP contribution is 2.30. The van der Waals surface area contributed by atoms with Gasteiger partial charge in [-0.3, -0.25) is 24.1 Å². The number of morpholine rings is 1. The van der Waals surface area contributed by atoms with Gasteiger partial charge in [0, 0.05) is 55.4 Å². The molecule has 1 aromatic heterocycles. The summed E-state index contributed by atoms with van der Waals surface area (Å²) in [6.07, 6.45) is 5.83. The fraction of sp³-hybridized carbons (Fsp3) is 0.438. The van der Waals surface area contributed by atoms with E-state index in [2.05, 4.69) is 15.2 Å². The number of nitrogens with one attached hydrogen (secondary N) is 2. The van der Waals surface area contributed by atoms with Gasteiger partial charge in [-0.25, -0.2) is 4.39 Å². The van der Waals surface area contributed by atoms with E-state index < -0.39 is 11.9 Å². The minimum Gasteiger partial charge on any atom is -0.390 e. The van der Waals surface area contributed by atoms with E-state index in [-0.39, 0.29) is 24.0 Å². The molecule has 10 nitrogen and oxygen atoms in total. The Morgan fingerprint density at radius 3 is 2.42 bits per heavy atom. The van der Waals surface area contributed by atoms with Gasteiger partial charge in [-0.05, 0) is 88.1 Å². The van der Waals surface area contributed by atoms with Crippen LogP contribution in [0.25, 0.3) is 11.6 Å². The van der Waals surface area contributed by atoms with Gasteiger partial charge in [-0.1, -0.05) is 0 Å². The van der Waals surface area contributed by atoms with E-state index in [9.17, 15) is 28.7 Å². The lowest BCUT2D eigenvalue weighted by Crippen LogP contribution is -2.46. The number of hydrogen-bond donors (Lipinski definition) is 3. The molecule has 1 fully saturated rings. The number of ether oxygens (including phenoxy) is 1. The Hall–Kier alpha value is -3.93. The summed E-state index contributed by atoms with van der Waals surface area (Å²) in [7, 11) is 0. The van der Waals surface area contributed by atoms with Gasteiger partial charge in [0.05, 0.1) is 24.9 Å². The highest BCUT2D eigenvalue weighted by Gasteiger charge is 2.29. The summed E-state index contributed by atoms with van der Waals surface area (Å²) in [5, 5.41) is 13.3. The van der Waals surface area contributed by atoms with Crippen LogP contribution in [0.2, 0.25) is 0 Å². The number of aliphatic hydroxyl groups excluding tert-OH is 1. The molecule has 2 aromatic rings. The molecule has 2 aliphatic heterocycles. The average Bonchev–Trinajstić information content (AvgIpc) is 3.18. The summed E-state index contributed by atoms with van der Waals surface area (Å²) in [6.45, 7) is 10.8. The van der Waals surface area contributed by atoms with Gasteiger partial charge >= 0.3 is 0 Å². The Balaban J connectivity index is 0.000000557. The number of β-amino-alcohol motifs (C(OH)–C–C–N with tert-alkyl or cyclic N) is 1. The number of aromatic amines is 1. The number of aromatic nitrogens is 1. The highest BCUT2D eigenvalue weighted by atomic mass is 19.1. The number of ketones is 2. The molecular weight excluding hydrogens is 555 g/mol. The third kappa shape index (κ3) is 9.81. The number of benzene rings is 1. The van der Waals surface area contributed by atoms with Crippen LogP contribution in [0.4, 0.5) is 10.1 Å². The smallest absolute Gasteiger partial charge is 0.256 e. The van der Waals surface area contributed by atoms with Crippen molar-refractivity contribution in [3.8, 4) is 0 Å². The van der Waals surface area contributed by atoms with Crippen LogP contribution >= 0.6 is 0 Å². The molecule has 4 rings (SSSR count). The molecule has 11 heteroatoms. The fourth-order valence-corrected chi connectivity index (χ4v) is 5.14. The summed E-state index contributed by atoms with van der Waals surface area (Å²) >= 11 is 0. The molecule has 3 N–H and O–H groups in total. The Bertz CT molecular complexity index is 1360. The van der Waals surface area contributed by atoms with E-state index in [1.165, 1.54) is 44.2 Å². The summed E-state index contributed by atoms with van der Waals surface area (Å²) < 4.78 is 19.3. The molecule has 0 radical (unpaired) electrons. The van der Waals surface area contributed by atoms with Gasteiger partial charge in [0.25, 0.3) is 5.91 Å². The molecule has 0 aliphatic carbocycles. The van der Waals surface area contributed by atoms with Crippen molar-refractivity contribution < 1.29 is 33.4 Å². The van der Waals surface area contributed by atoms with E-state index in [1.807, 2.05) is 19.9 Å². The zero-order valence-electron chi connectivity index (χ0n) is 25.2. The number of fused-ring (bicyclic) bond motifs is 1. The Labute approximate surface area is 251 Å². The number of carbonyl (C=O) groups is 4. The lowest BCUT2D eigenvalue weighted by Gasteiger charge is -2.31. The van der Waals surface area contributed by atoms with Crippen LogP contribution in [0.5, 0.6) is 0 Å². The van der Waals surface area contributed by atoms with Crippen LogP contribution in [-0.4, -0.2) is 95.8 Å². The number of anilines is 1. The summed E-state index contributed by atoms with van der Waals surface area (Å²) in [6, 6.07) is 4.20. The molecule has 1 unspecified atom stereocenters. The minimum atomic E-state index is -0.629. The third-order valence-corrected chi connectivity index (χ3v) is 7.26. The van der Waals surface area contributed by atoms with Gasteiger partial charge < -0.3 is 25.0 Å². The van der Waals surface area contributed by atoms with Gasteiger partial charge in [-0.15, -0.1) is 0 Å². The van der Waals surface area contributed by atoms with Crippen LogP contribution in [0.1, 0.15) is 60.1 Å². The Kier molecular flexibility index (Phi) is 12.5. The molecule has 1 atom stereocenters. The van der Waals surface area contributed by atoms with E-state index >= 15 is 0 Å². The van der Waals surface area contributed by atoms with Crippen molar-refractivity contribution in [1.82, 2.24) is 14.8 Å². The SMILES string of the molecule is C/C(=C\c1[nH]c2c(c1C)C(=O)N(CC(O)CN1CCOCC1)CCC2)c1cc(F)ccc1NC=O.CC(=O)/C=C\C(C)=O. The van der Waals surface area contributed by atoms with Crippen LogP contribution in [0, 0.1) is 12.7 Å². The molecule has 0 bridgehead atoms. The second kappa shape index (κ2) is 16.1. The zero-order valence-corrected chi connectivity index (χ0v) is 25.2. The normalized spacial score (nSPS) is 16.7. The number of hydrogen-bond acceptors (Lipinski definition) is 7. The quantitative estimate of drug-likeness (QED) is 0.283. The van der Waals surface area contributed by atoms with Crippen molar-refractivity contribution in [2.75, 3.05) is 51.3 Å². The topological polar surface area (TPSA) is 132 Å². The second-order valence-electron chi connectivity index (χ2n) is 10.8. The van der Waals surface area contributed by atoms with E-state index in [4.69, 9.17) is 4.74 Å². The van der Waals surface area contributed by atoms with Crippen LogP contribution < -0.4 is 5.32 Å². The molecule has 43 heavy (non-hydrogen) atoms. The van der Waals surface area contributed by atoms with Gasteiger partial charge in [0.1, 0.15) is 5.82 Å². The fourth-order valence-electron chi connectivity index (χ4n) is 5.14. The summed E-state index contributed by atoms with van der Waals surface area (Å²) in [4.78, 5) is 52.0. The van der Waals surface area contributed by atoms with Crippen molar-refractivity contribution in [3.05, 3.63) is 64.2 Å². The van der Waals surface area contributed by atoms with E-state index in [0.29, 0.717) is 49.5 Å². The number of nitrogens with zero attached hydrogens (tertiary/aromatic N) is 2. The predicted molar refractivity (Wildman–Crippen MR) is 163 cm³/mol. The van der Waals surface area contributed by atoms with Crippen LogP contribution in [0.15, 0.2) is 30.4 Å². The Morgan fingerprint density at radius 1 is 1.12 bits per heavy atom. The van der Waals surface area contributed by atoms with Crippen molar-refractivity contribution >= 4 is 41.2 Å². The second-order valence-corrected chi connectivity index (χ2v) is 10.8. The number of rotatable bonds is 10. The molecule has 2 amide bonds. The van der Waals surface area contributed by atoms with Crippen LogP contribution in [0.3, 0.4) is 0 Å². The van der Waals surface area contributed by atoms with Crippen molar-refractivity contribution in [3.63, 3.8) is 0 Å². The number of amides is 2. The summed E-state index contributed by atoms with van der Waals surface area (Å²) in [5.74, 6) is -0.677. The van der Waals surface area contributed by atoms with Crippen molar-refractivity contribution in [2.24, 2.45) is 0 Å². The summed E-state index contributed by atoms with van der Waals surface area (Å²) in [5.41, 5.74) is 4.95. The number of halogens is 1. The highest BCUT2D eigenvalue weighted by molar-refractivity contribution is 5.99. The maximum atomic E-state index is 13.9. The molecular formula is C32H41FN4O6. The average molecular weight is 597 g/mol. The molecule has 232 valence electrons. The minimum absolute atomic E-state index is 0.0846. The van der Waals surface area contributed by atoms with Gasteiger partial charge in [0.15, 0.2) is 11.6 Å². The maximum Gasteiger partial charge on any atom is 0.256 e. The molecule has 3 heterocycles. The number of allylic oxidation sites excluding steroid dienone is 3. The number of aliphatic hydroxyl groups is 1. The lowest BCUT2D eigenvalue weighted by atomic mass is 10.0. The first-order chi connectivity index (χ1) is 20.5. The molecule has 1 aromatic carbocycles. The molecule has 0 saturated carbocycles. The van der Waals surface area contributed by atoms with Gasteiger partial charge in [-0.2, -0.15) is 0 Å². The first-order valence-corrected chi connectivity index (χ1v) is 14.4. The number of H-pyrrole nitrogens is 1. The largest absolute Gasteiger partial charge is 0.390 e. The standard InChI is InChI=1S/C26H33FN4O4.C6H8O2/c1-17(21-13-19(27)5-6-22(21)28-16-32)12-24-18(2)25-23(29-24)4-3-7-31(26(25)34)15-20(33)14-30-8-10-35-11-9-30;1-5(7)3-4-6(2)8/h5-6,12-13,16,20,29,33H,3-4,7-11,14-15H2,1-2H3,(H,28,32);3-4H,1-2H3/b17-12+;4-3-. The number of carbonyl (C=O) groups excluding carboxylic acids is 4. The molecule has 0 spiro atoms. The monoisotopic (exact) mass is 596 g/mol.